The van der Waals surface area contributed by atoms with Gasteiger partial charge in [0.2, 0.25) is 0 Å². The van der Waals surface area contributed by atoms with E-state index in [-0.39, 0.29) is 24.2 Å². The summed E-state index contributed by atoms with van der Waals surface area (Å²) in [6.45, 7) is 7.43. The highest BCUT2D eigenvalue weighted by Gasteiger charge is 2.78. The first kappa shape index (κ1) is 32.1. The van der Waals surface area contributed by atoms with Crippen molar-refractivity contribution in [2.45, 2.75) is 71.0 Å². The highest BCUT2D eigenvalue weighted by Crippen LogP contribution is 2.53. The van der Waals surface area contributed by atoms with Crippen LogP contribution in [0.25, 0.3) is 0 Å². The van der Waals surface area contributed by atoms with E-state index in [4.69, 9.17) is 28.7 Å². The number of rotatable bonds is 10. The van der Waals surface area contributed by atoms with Crippen LogP contribution in [-0.4, -0.2) is 50.6 Å². The molecular weight excluding hydrogens is 649 g/mol. The molecule has 11 nitrogen and oxygen atoms in total. The summed E-state index contributed by atoms with van der Waals surface area (Å²) < 4.78 is 21.7. The Morgan fingerprint density at radius 1 is 0.902 bits per heavy atom. The number of carbonyl (C=O) groups is 4. The first-order valence-electron chi connectivity index (χ1n) is 13.0. The normalized spacial score (nSPS) is 20.2. The third-order valence-electron chi connectivity index (χ3n) is 7.13. The molecule has 1 unspecified atom stereocenters. The fraction of sp³-hybridized carbons (Fsp3) is 0.448. The second-order valence-corrected chi connectivity index (χ2v) is 10.7. The molecular formula is C29H34INO10. The van der Waals surface area contributed by atoms with E-state index in [2.05, 4.69) is 0 Å². The van der Waals surface area contributed by atoms with Crippen molar-refractivity contribution in [3.63, 3.8) is 0 Å². The highest BCUT2D eigenvalue weighted by molar-refractivity contribution is 14.1. The van der Waals surface area contributed by atoms with Gasteiger partial charge >= 0.3 is 24.3 Å². The fourth-order valence-electron chi connectivity index (χ4n) is 5.24. The Morgan fingerprint density at radius 3 is 1.80 bits per heavy atom. The zero-order chi connectivity index (χ0) is 30.3. The minimum atomic E-state index is -2.20. The van der Waals surface area contributed by atoms with Gasteiger partial charge in [0.25, 0.3) is 0 Å². The lowest BCUT2D eigenvalue weighted by atomic mass is 9.63. The van der Waals surface area contributed by atoms with Gasteiger partial charge in [0, 0.05) is 0 Å². The van der Waals surface area contributed by atoms with Crippen molar-refractivity contribution in [2.75, 3.05) is 4.61 Å². The van der Waals surface area contributed by atoms with Crippen molar-refractivity contribution in [3.05, 3.63) is 71.8 Å². The zero-order valence-electron chi connectivity index (χ0n) is 23.6. The summed E-state index contributed by atoms with van der Waals surface area (Å²) in [5.74, 6) is -1.89. The van der Waals surface area contributed by atoms with Gasteiger partial charge in [-0.2, -0.15) is 9.79 Å². The van der Waals surface area contributed by atoms with Crippen LogP contribution in [0.3, 0.4) is 0 Å². The number of benzene rings is 2. The smallest absolute Gasteiger partial charge is 0.444 e. The monoisotopic (exact) mass is 683 g/mol. The van der Waals surface area contributed by atoms with Crippen LogP contribution in [0.2, 0.25) is 0 Å². The van der Waals surface area contributed by atoms with Crippen LogP contribution in [0, 0.1) is 5.92 Å². The summed E-state index contributed by atoms with van der Waals surface area (Å²) in [5, 5.41) is 0. The van der Waals surface area contributed by atoms with Gasteiger partial charge in [-0.3, -0.25) is 4.89 Å². The first-order valence-corrected chi connectivity index (χ1v) is 14.5. The van der Waals surface area contributed by atoms with Crippen LogP contribution < -0.4 is 0 Å². The largest absolute Gasteiger partial charge is 0.509 e. The first-order chi connectivity index (χ1) is 19.5. The van der Waals surface area contributed by atoms with Gasteiger partial charge in [0.1, 0.15) is 23.4 Å². The number of ether oxygens (including phenoxy) is 4. The molecule has 0 aromatic heterocycles. The van der Waals surface area contributed by atoms with Gasteiger partial charge in [-0.1, -0.05) is 81.4 Å². The summed E-state index contributed by atoms with van der Waals surface area (Å²) in [5.41, 5.74) is -4.49. The molecule has 2 aromatic carbocycles. The van der Waals surface area contributed by atoms with Gasteiger partial charge in [-0.25, -0.2) is 19.2 Å². The topological polar surface area (TPSA) is 127 Å². The number of alkyl halides is 1. The molecule has 0 radical (unpaired) electrons. The van der Waals surface area contributed by atoms with Crippen LogP contribution in [-0.2, 0) is 46.7 Å². The maximum Gasteiger partial charge on any atom is 0.509 e. The summed E-state index contributed by atoms with van der Waals surface area (Å²) in [6, 6.07) is 17.6. The van der Waals surface area contributed by atoms with E-state index in [1.807, 2.05) is 22.6 Å². The van der Waals surface area contributed by atoms with Crippen molar-refractivity contribution in [1.29, 1.82) is 0 Å². The van der Waals surface area contributed by atoms with Crippen LogP contribution >= 0.6 is 22.6 Å². The number of halogens is 1. The molecule has 1 fully saturated rings. The molecule has 0 spiro atoms. The van der Waals surface area contributed by atoms with E-state index in [1.54, 1.807) is 81.4 Å². The van der Waals surface area contributed by atoms with Gasteiger partial charge in [-0.15, -0.1) is 0 Å². The van der Waals surface area contributed by atoms with E-state index in [1.165, 1.54) is 13.8 Å². The van der Waals surface area contributed by atoms with E-state index in [0.717, 1.165) is 0 Å². The van der Waals surface area contributed by atoms with Crippen molar-refractivity contribution in [2.24, 2.45) is 5.92 Å². The molecule has 2 atom stereocenters. The molecule has 0 bridgehead atoms. The Hall–Kier alpha value is -3.39. The molecule has 1 heterocycles. The summed E-state index contributed by atoms with van der Waals surface area (Å²) in [4.78, 5) is 65.4. The summed E-state index contributed by atoms with van der Waals surface area (Å²) >= 11 is 1.83. The predicted molar refractivity (Wildman–Crippen MR) is 153 cm³/mol. The van der Waals surface area contributed by atoms with E-state index < -0.39 is 47.0 Å². The summed E-state index contributed by atoms with van der Waals surface area (Å²) in [7, 11) is 0. The lowest BCUT2D eigenvalue weighted by Crippen LogP contribution is -2.76. The molecule has 1 saturated heterocycles. The highest BCUT2D eigenvalue weighted by atomic mass is 127. The van der Waals surface area contributed by atoms with Crippen molar-refractivity contribution < 1.29 is 47.9 Å². The predicted octanol–water partition coefficient (Wildman–Crippen LogP) is 6.32. The maximum absolute atomic E-state index is 13.9. The molecule has 1 aliphatic rings. The molecule has 41 heavy (non-hydrogen) atoms. The van der Waals surface area contributed by atoms with E-state index in [0.29, 0.717) is 16.0 Å². The summed E-state index contributed by atoms with van der Waals surface area (Å²) in [6.07, 6.45) is -3.43. The Kier molecular flexibility index (Phi) is 10.6. The zero-order valence-corrected chi connectivity index (χ0v) is 25.7. The SMILES string of the molecule is CCC1(C(C)(C)OC(=O)OCI)OOC(=O)[C@]1(C(C)C)N(C(=O)OCc1ccccc1)C(=O)OCc1ccccc1. The van der Waals surface area contributed by atoms with E-state index in [9.17, 15) is 19.2 Å². The molecule has 0 saturated carbocycles. The van der Waals surface area contributed by atoms with Gasteiger partial charge < -0.3 is 18.9 Å². The Labute approximate surface area is 252 Å². The molecule has 12 heteroatoms. The third-order valence-corrected chi connectivity index (χ3v) is 7.44. The number of amides is 2. The average Bonchev–Trinajstić information content (AvgIpc) is 3.26. The second kappa shape index (κ2) is 13.5. The van der Waals surface area contributed by atoms with Gasteiger partial charge in [-0.05, 0) is 59.9 Å². The lowest BCUT2D eigenvalue weighted by molar-refractivity contribution is -0.338. The number of hydrogen-bond donors (Lipinski definition) is 0. The molecule has 2 amide bonds. The van der Waals surface area contributed by atoms with Crippen molar-refractivity contribution >= 4 is 46.9 Å². The minimum Gasteiger partial charge on any atom is -0.444 e. The minimum absolute atomic E-state index is 0.00115. The standard InChI is InChI=1S/C29H34INO10/c1-6-28(27(4,5)39-26(35)38-19-30)29(20(2)3,23(32)40-41-28)31(24(33)36-17-21-13-9-7-10-14-21)25(34)37-18-22-15-11-8-12-16-22/h7-16,20H,6,17-19H2,1-5H3/t28?,29-/m0/s1. The van der Waals surface area contributed by atoms with Crippen LogP contribution in [0.1, 0.15) is 52.2 Å². The fourth-order valence-corrected chi connectivity index (χ4v) is 5.50. The number of carbonyl (C=O) groups excluding carboxylic acids is 4. The number of nitrogens with zero attached hydrogens (tertiary/aromatic N) is 1. The molecule has 0 N–H and O–H groups in total. The molecule has 1 aliphatic heterocycles. The Morgan fingerprint density at radius 2 is 1.39 bits per heavy atom. The van der Waals surface area contributed by atoms with Gasteiger partial charge in [0.15, 0.2) is 11.1 Å². The molecule has 3 rings (SSSR count). The number of hydrogen-bond acceptors (Lipinski definition) is 10. The Balaban J connectivity index is 2.13. The lowest BCUT2D eigenvalue weighted by Gasteiger charge is -2.51. The molecule has 2 aromatic rings. The molecule has 0 aliphatic carbocycles. The second-order valence-electron chi connectivity index (χ2n) is 10.1. The van der Waals surface area contributed by atoms with Crippen molar-refractivity contribution in [1.82, 2.24) is 4.90 Å². The quantitative estimate of drug-likeness (QED) is 0.0924. The third kappa shape index (κ3) is 6.27. The van der Waals surface area contributed by atoms with Crippen LogP contribution in [0.5, 0.6) is 0 Å². The average molecular weight is 683 g/mol. The van der Waals surface area contributed by atoms with E-state index >= 15 is 0 Å². The van der Waals surface area contributed by atoms with Crippen molar-refractivity contribution in [3.8, 4) is 0 Å². The van der Waals surface area contributed by atoms with Crippen LogP contribution in [0.15, 0.2) is 60.7 Å². The van der Waals surface area contributed by atoms with Gasteiger partial charge in [0.05, 0.1) is 0 Å². The Bertz CT molecular complexity index is 1170. The number of imide groups is 1. The molecule has 222 valence electrons. The van der Waals surface area contributed by atoms with Crippen LogP contribution in [0.4, 0.5) is 14.4 Å². The maximum atomic E-state index is 13.9.